The standard InChI is InChI=1S/C16H23FN2O2/c1-12(13-4-6-14(17)7-5-13)19-15(21)10-18-16(11-20)8-2-3-9-16/h4-7,12,18,20H,2-3,8-11H2,1H3,(H,19,21). The monoisotopic (exact) mass is 294 g/mol. The van der Waals surface area contributed by atoms with Gasteiger partial charge in [-0.3, -0.25) is 4.79 Å². The van der Waals surface area contributed by atoms with Gasteiger partial charge in [0.25, 0.3) is 0 Å². The van der Waals surface area contributed by atoms with Crippen molar-refractivity contribution in [3.63, 3.8) is 0 Å². The summed E-state index contributed by atoms with van der Waals surface area (Å²) >= 11 is 0. The first-order chi connectivity index (χ1) is 10.0. The normalized spacial score (nSPS) is 18.4. The largest absolute Gasteiger partial charge is 0.394 e. The van der Waals surface area contributed by atoms with Crippen LogP contribution in [0.1, 0.15) is 44.2 Å². The van der Waals surface area contributed by atoms with Crippen LogP contribution in [0.3, 0.4) is 0 Å². The van der Waals surface area contributed by atoms with Crippen molar-refractivity contribution >= 4 is 5.91 Å². The summed E-state index contributed by atoms with van der Waals surface area (Å²) in [6, 6.07) is 5.93. The number of aliphatic hydroxyl groups excluding tert-OH is 1. The van der Waals surface area contributed by atoms with Gasteiger partial charge in [-0.1, -0.05) is 25.0 Å². The summed E-state index contributed by atoms with van der Waals surface area (Å²) in [6.45, 7) is 2.11. The topological polar surface area (TPSA) is 61.4 Å². The minimum atomic E-state index is -0.295. The second-order valence-corrected chi connectivity index (χ2v) is 5.84. The number of hydrogen-bond acceptors (Lipinski definition) is 3. The maximum atomic E-state index is 12.9. The molecule has 1 aliphatic rings. The van der Waals surface area contributed by atoms with E-state index in [2.05, 4.69) is 10.6 Å². The van der Waals surface area contributed by atoms with Gasteiger partial charge in [-0.2, -0.15) is 0 Å². The number of carbonyl (C=O) groups is 1. The van der Waals surface area contributed by atoms with Crippen LogP contribution in [-0.2, 0) is 4.79 Å². The molecule has 1 amide bonds. The zero-order chi connectivity index (χ0) is 15.3. The lowest BCUT2D eigenvalue weighted by Crippen LogP contribution is -2.50. The summed E-state index contributed by atoms with van der Waals surface area (Å²) < 4.78 is 12.9. The average Bonchev–Trinajstić information content (AvgIpc) is 2.95. The fourth-order valence-electron chi connectivity index (χ4n) is 2.84. The van der Waals surface area contributed by atoms with Crippen molar-refractivity contribution in [3.8, 4) is 0 Å². The number of amides is 1. The van der Waals surface area contributed by atoms with Crippen molar-refractivity contribution in [3.05, 3.63) is 35.6 Å². The Balaban J connectivity index is 1.82. The minimum Gasteiger partial charge on any atom is -0.394 e. The Kier molecular flexibility index (Phi) is 5.31. The van der Waals surface area contributed by atoms with Crippen LogP contribution in [0.5, 0.6) is 0 Å². The van der Waals surface area contributed by atoms with Crippen molar-refractivity contribution in [2.75, 3.05) is 13.2 Å². The fourth-order valence-corrected chi connectivity index (χ4v) is 2.84. The number of hydrogen-bond donors (Lipinski definition) is 3. The molecule has 0 bridgehead atoms. The lowest BCUT2D eigenvalue weighted by atomic mass is 9.99. The molecule has 5 heteroatoms. The Morgan fingerprint density at radius 3 is 2.52 bits per heavy atom. The zero-order valence-electron chi connectivity index (χ0n) is 12.4. The summed E-state index contributed by atoms with van der Waals surface area (Å²) in [4.78, 5) is 12.0. The molecule has 0 aromatic heterocycles. The molecule has 116 valence electrons. The van der Waals surface area contributed by atoms with Crippen molar-refractivity contribution in [2.45, 2.75) is 44.2 Å². The van der Waals surface area contributed by atoms with Crippen molar-refractivity contribution in [1.82, 2.24) is 10.6 Å². The van der Waals surface area contributed by atoms with E-state index in [9.17, 15) is 14.3 Å². The molecule has 1 fully saturated rings. The summed E-state index contributed by atoms with van der Waals surface area (Å²) in [5.74, 6) is -0.406. The van der Waals surface area contributed by atoms with E-state index >= 15 is 0 Å². The first-order valence-electron chi connectivity index (χ1n) is 7.45. The molecule has 1 atom stereocenters. The first-order valence-corrected chi connectivity index (χ1v) is 7.45. The van der Waals surface area contributed by atoms with Crippen LogP contribution in [0.4, 0.5) is 4.39 Å². The zero-order valence-corrected chi connectivity index (χ0v) is 12.4. The van der Waals surface area contributed by atoms with Crippen molar-refractivity contribution in [1.29, 1.82) is 0 Å². The van der Waals surface area contributed by atoms with E-state index in [4.69, 9.17) is 0 Å². The highest BCUT2D eigenvalue weighted by atomic mass is 19.1. The van der Waals surface area contributed by atoms with E-state index < -0.39 is 0 Å². The molecule has 0 heterocycles. The lowest BCUT2D eigenvalue weighted by molar-refractivity contribution is -0.121. The van der Waals surface area contributed by atoms with Gasteiger partial charge in [-0.25, -0.2) is 4.39 Å². The van der Waals surface area contributed by atoms with E-state index in [-0.39, 0.29) is 36.5 Å². The smallest absolute Gasteiger partial charge is 0.234 e. The van der Waals surface area contributed by atoms with E-state index in [1.165, 1.54) is 12.1 Å². The first kappa shape index (κ1) is 15.9. The number of carbonyl (C=O) groups excluding carboxylic acids is 1. The van der Waals surface area contributed by atoms with Crippen LogP contribution in [0, 0.1) is 5.82 Å². The summed E-state index contributed by atoms with van der Waals surface area (Å²) in [5.41, 5.74) is 0.568. The van der Waals surface area contributed by atoms with Crippen molar-refractivity contribution in [2.24, 2.45) is 0 Å². The highest BCUT2D eigenvalue weighted by Gasteiger charge is 2.32. The number of halogens is 1. The predicted octanol–water partition coefficient (Wildman–Crippen LogP) is 1.90. The molecule has 0 spiro atoms. The van der Waals surface area contributed by atoms with Gasteiger partial charge in [0.15, 0.2) is 0 Å². The third-order valence-corrected chi connectivity index (χ3v) is 4.23. The Morgan fingerprint density at radius 2 is 1.95 bits per heavy atom. The molecule has 4 nitrogen and oxygen atoms in total. The molecule has 3 N–H and O–H groups in total. The summed E-state index contributed by atoms with van der Waals surface area (Å²) in [5, 5.41) is 15.5. The van der Waals surface area contributed by atoms with Crippen LogP contribution in [0.25, 0.3) is 0 Å². The molecule has 1 aromatic carbocycles. The van der Waals surface area contributed by atoms with Gasteiger partial charge in [0.1, 0.15) is 5.82 Å². The van der Waals surface area contributed by atoms with Crippen LogP contribution in [0.15, 0.2) is 24.3 Å². The SMILES string of the molecule is CC(NC(=O)CNC1(CO)CCCC1)c1ccc(F)cc1. The molecule has 0 saturated heterocycles. The van der Waals surface area contributed by atoms with Crippen molar-refractivity contribution < 1.29 is 14.3 Å². The van der Waals surface area contributed by atoms with Gasteiger partial charge >= 0.3 is 0 Å². The molecule has 21 heavy (non-hydrogen) atoms. The Hall–Kier alpha value is -1.46. The molecule has 1 unspecified atom stereocenters. The van der Waals surface area contributed by atoms with Gasteiger partial charge in [0, 0.05) is 5.54 Å². The minimum absolute atomic E-state index is 0.0633. The molecule has 1 aromatic rings. The molecule has 0 radical (unpaired) electrons. The van der Waals surface area contributed by atoms with Crippen LogP contribution >= 0.6 is 0 Å². The summed E-state index contributed by atoms with van der Waals surface area (Å²) in [6.07, 6.45) is 3.98. The highest BCUT2D eigenvalue weighted by Crippen LogP contribution is 2.28. The highest BCUT2D eigenvalue weighted by molar-refractivity contribution is 5.78. The van der Waals surface area contributed by atoms with Gasteiger partial charge in [0.2, 0.25) is 5.91 Å². The quantitative estimate of drug-likeness (QED) is 0.751. The molecule has 1 saturated carbocycles. The van der Waals surface area contributed by atoms with E-state index in [1.54, 1.807) is 12.1 Å². The molecule has 0 aliphatic heterocycles. The van der Waals surface area contributed by atoms with Gasteiger partial charge in [-0.05, 0) is 37.5 Å². The molecular formula is C16H23FN2O2. The predicted molar refractivity (Wildman–Crippen MR) is 79.2 cm³/mol. The number of rotatable bonds is 6. The molecule has 1 aliphatic carbocycles. The van der Waals surface area contributed by atoms with E-state index in [0.29, 0.717) is 0 Å². The number of nitrogens with one attached hydrogen (secondary N) is 2. The number of benzene rings is 1. The molecular weight excluding hydrogens is 271 g/mol. The Bertz CT molecular complexity index is 470. The van der Waals surface area contributed by atoms with Gasteiger partial charge in [-0.15, -0.1) is 0 Å². The Morgan fingerprint density at radius 1 is 1.33 bits per heavy atom. The van der Waals surface area contributed by atoms with E-state index in [0.717, 1.165) is 31.2 Å². The van der Waals surface area contributed by atoms with Crippen LogP contribution < -0.4 is 10.6 Å². The third-order valence-electron chi connectivity index (χ3n) is 4.23. The third kappa shape index (κ3) is 4.25. The number of aliphatic hydroxyl groups is 1. The van der Waals surface area contributed by atoms with E-state index in [1.807, 2.05) is 6.92 Å². The van der Waals surface area contributed by atoms with Gasteiger partial charge < -0.3 is 15.7 Å². The lowest BCUT2D eigenvalue weighted by Gasteiger charge is -2.28. The Labute approximate surface area is 124 Å². The van der Waals surface area contributed by atoms with Crippen LogP contribution in [-0.4, -0.2) is 29.7 Å². The maximum Gasteiger partial charge on any atom is 0.234 e. The fraction of sp³-hybridized carbons (Fsp3) is 0.562. The van der Waals surface area contributed by atoms with Crippen LogP contribution in [0.2, 0.25) is 0 Å². The maximum absolute atomic E-state index is 12.9. The summed E-state index contributed by atoms with van der Waals surface area (Å²) in [7, 11) is 0. The second-order valence-electron chi connectivity index (χ2n) is 5.84. The molecule has 2 rings (SSSR count). The second kappa shape index (κ2) is 7.00. The van der Waals surface area contributed by atoms with Gasteiger partial charge in [0.05, 0.1) is 19.2 Å². The average molecular weight is 294 g/mol.